The van der Waals surface area contributed by atoms with Gasteiger partial charge in [-0.25, -0.2) is 0 Å². The number of nitrogens with one attached hydrogen (secondary N) is 2. The van der Waals surface area contributed by atoms with Crippen LogP contribution in [-0.4, -0.2) is 18.2 Å². The minimum Gasteiger partial charge on any atom is -0.362 e. The van der Waals surface area contributed by atoms with Crippen LogP contribution >= 0.6 is 12.2 Å². The first-order valence-electron chi connectivity index (χ1n) is 7.72. The SMILES string of the molecule is S=C1NCC(Cc2c3ccccc3cc3ccccc23)CN1. The molecule has 0 radical (unpaired) electrons. The third-order valence-electron chi connectivity index (χ3n) is 4.48. The Hall–Kier alpha value is -2.13. The minimum atomic E-state index is 0.556. The molecule has 22 heavy (non-hydrogen) atoms. The van der Waals surface area contributed by atoms with E-state index in [1.807, 2.05) is 0 Å². The Kier molecular flexibility index (Phi) is 3.43. The Labute approximate surface area is 135 Å². The van der Waals surface area contributed by atoms with Crippen LogP contribution in [0.2, 0.25) is 0 Å². The smallest absolute Gasteiger partial charge is 0.166 e. The van der Waals surface area contributed by atoms with Crippen molar-refractivity contribution in [3.05, 3.63) is 60.2 Å². The second-order valence-corrected chi connectivity index (χ2v) is 6.37. The van der Waals surface area contributed by atoms with E-state index in [0.717, 1.165) is 24.6 Å². The molecule has 1 fully saturated rings. The molecule has 3 aromatic rings. The molecule has 0 saturated carbocycles. The van der Waals surface area contributed by atoms with Gasteiger partial charge in [-0.1, -0.05) is 48.5 Å². The first-order chi connectivity index (χ1) is 10.8. The Morgan fingerprint density at radius 2 is 1.41 bits per heavy atom. The van der Waals surface area contributed by atoms with Crippen LogP contribution in [0.25, 0.3) is 21.5 Å². The molecule has 2 N–H and O–H groups in total. The molecule has 2 nitrogen and oxygen atoms in total. The Morgan fingerprint density at radius 1 is 0.864 bits per heavy atom. The molecule has 1 saturated heterocycles. The average Bonchev–Trinajstić information content (AvgIpc) is 2.56. The summed E-state index contributed by atoms with van der Waals surface area (Å²) in [6.07, 6.45) is 1.06. The maximum Gasteiger partial charge on any atom is 0.166 e. The molecule has 0 amide bonds. The number of rotatable bonds is 2. The maximum absolute atomic E-state index is 5.16. The normalized spacial score (nSPS) is 15.7. The van der Waals surface area contributed by atoms with E-state index in [4.69, 9.17) is 12.2 Å². The van der Waals surface area contributed by atoms with Crippen LogP contribution in [-0.2, 0) is 6.42 Å². The van der Waals surface area contributed by atoms with Crippen molar-refractivity contribution < 1.29 is 0 Å². The van der Waals surface area contributed by atoms with Crippen molar-refractivity contribution >= 4 is 38.9 Å². The third-order valence-corrected chi connectivity index (χ3v) is 4.77. The molecule has 0 aromatic heterocycles. The fourth-order valence-corrected chi connectivity index (χ4v) is 3.54. The highest BCUT2D eigenvalue weighted by Crippen LogP contribution is 2.30. The van der Waals surface area contributed by atoms with E-state index in [9.17, 15) is 0 Å². The molecular formula is C19H18N2S. The number of hydrogen-bond donors (Lipinski definition) is 2. The third kappa shape index (κ3) is 2.42. The summed E-state index contributed by atoms with van der Waals surface area (Å²) in [6.45, 7) is 1.90. The number of hydrogen-bond acceptors (Lipinski definition) is 1. The molecule has 0 unspecified atom stereocenters. The lowest BCUT2D eigenvalue weighted by atomic mass is 9.89. The molecule has 0 bridgehead atoms. The number of thiocarbonyl (C=S) groups is 1. The molecule has 1 aliphatic rings. The van der Waals surface area contributed by atoms with Gasteiger partial charge in [0.15, 0.2) is 5.11 Å². The zero-order chi connectivity index (χ0) is 14.9. The molecule has 1 heterocycles. The molecule has 0 spiro atoms. The monoisotopic (exact) mass is 306 g/mol. The largest absolute Gasteiger partial charge is 0.362 e. The Bertz CT molecular complexity index is 792. The van der Waals surface area contributed by atoms with Gasteiger partial charge in [-0.3, -0.25) is 0 Å². The summed E-state index contributed by atoms with van der Waals surface area (Å²) in [5.74, 6) is 0.556. The van der Waals surface area contributed by atoms with Crippen molar-refractivity contribution in [2.24, 2.45) is 5.92 Å². The van der Waals surface area contributed by atoms with Crippen LogP contribution in [0.3, 0.4) is 0 Å². The average molecular weight is 306 g/mol. The minimum absolute atomic E-state index is 0.556. The van der Waals surface area contributed by atoms with Gasteiger partial charge >= 0.3 is 0 Å². The van der Waals surface area contributed by atoms with Crippen molar-refractivity contribution in [3.8, 4) is 0 Å². The van der Waals surface area contributed by atoms with Gasteiger partial charge in [0.1, 0.15) is 0 Å². The Balaban J connectivity index is 1.83. The summed E-state index contributed by atoms with van der Waals surface area (Å²) in [6, 6.07) is 19.7. The highest BCUT2D eigenvalue weighted by molar-refractivity contribution is 7.80. The lowest BCUT2D eigenvalue weighted by Gasteiger charge is -2.26. The van der Waals surface area contributed by atoms with Crippen LogP contribution < -0.4 is 10.6 Å². The zero-order valence-corrected chi connectivity index (χ0v) is 13.1. The summed E-state index contributed by atoms with van der Waals surface area (Å²) in [7, 11) is 0. The van der Waals surface area contributed by atoms with Crippen LogP contribution in [0.4, 0.5) is 0 Å². The second kappa shape index (κ2) is 5.58. The molecule has 3 aromatic carbocycles. The summed E-state index contributed by atoms with van der Waals surface area (Å²) < 4.78 is 0. The van der Waals surface area contributed by atoms with Crippen molar-refractivity contribution in [2.75, 3.05) is 13.1 Å². The number of fused-ring (bicyclic) bond motifs is 2. The predicted octanol–water partition coefficient (Wildman–Crippen LogP) is 3.63. The first kappa shape index (κ1) is 13.5. The summed E-state index contributed by atoms with van der Waals surface area (Å²) >= 11 is 5.16. The topological polar surface area (TPSA) is 24.1 Å². The Morgan fingerprint density at radius 3 is 2.00 bits per heavy atom. The van der Waals surface area contributed by atoms with E-state index in [2.05, 4.69) is 65.2 Å². The van der Waals surface area contributed by atoms with Crippen LogP contribution in [0.5, 0.6) is 0 Å². The molecule has 4 rings (SSSR count). The maximum atomic E-state index is 5.16. The molecular weight excluding hydrogens is 288 g/mol. The van der Waals surface area contributed by atoms with Gasteiger partial charge in [-0.15, -0.1) is 0 Å². The van der Waals surface area contributed by atoms with E-state index in [1.165, 1.54) is 27.1 Å². The fraction of sp³-hybridized carbons (Fsp3) is 0.211. The van der Waals surface area contributed by atoms with Gasteiger partial charge in [0.05, 0.1) is 0 Å². The van der Waals surface area contributed by atoms with Gasteiger partial charge in [0.2, 0.25) is 0 Å². The van der Waals surface area contributed by atoms with Crippen LogP contribution in [0.1, 0.15) is 5.56 Å². The predicted molar refractivity (Wildman–Crippen MR) is 97.3 cm³/mol. The van der Waals surface area contributed by atoms with Crippen LogP contribution in [0, 0.1) is 5.92 Å². The van der Waals surface area contributed by atoms with E-state index in [-0.39, 0.29) is 0 Å². The molecule has 0 atom stereocenters. The van der Waals surface area contributed by atoms with Gasteiger partial charge in [0, 0.05) is 13.1 Å². The van der Waals surface area contributed by atoms with E-state index < -0.39 is 0 Å². The molecule has 3 heteroatoms. The summed E-state index contributed by atoms with van der Waals surface area (Å²) in [5.41, 5.74) is 1.45. The van der Waals surface area contributed by atoms with E-state index >= 15 is 0 Å². The molecule has 1 aliphatic heterocycles. The van der Waals surface area contributed by atoms with E-state index in [0.29, 0.717) is 5.92 Å². The molecule has 110 valence electrons. The van der Waals surface area contributed by atoms with Crippen molar-refractivity contribution in [1.29, 1.82) is 0 Å². The summed E-state index contributed by atoms with van der Waals surface area (Å²) in [4.78, 5) is 0. The van der Waals surface area contributed by atoms with Gasteiger partial charge in [-0.2, -0.15) is 0 Å². The lowest BCUT2D eigenvalue weighted by Crippen LogP contribution is -2.48. The molecule has 0 aliphatic carbocycles. The zero-order valence-electron chi connectivity index (χ0n) is 12.3. The van der Waals surface area contributed by atoms with E-state index in [1.54, 1.807) is 0 Å². The van der Waals surface area contributed by atoms with Crippen LogP contribution in [0.15, 0.2) is 54.6 Å². The van der Waals surface area contributed by atoms with Crippen molar-refractivity contribution in [1.82, 2.24) is 10.6 Å². The lowest BCUT2D eigenvalue weighted by molar-refractivity contribution is 0.474. The highest BCUT2D eigenvalue weighted by Gasteiger charge is 2.18. The van der Waals surface area contributed by atoms with Crippen molar-refractivity contribution in [2.45, 2.75) is 6.42 Å². The highest BCUT2D eigenvalue weighted by atomic mass is 32.1. The second-order valence-electron chi connectivity index (χ2n) is 5.96. The number of benzene rings is 3. The van der Waals surface area contributed by atoms with Gasteiger partial charge in [0.25, 0.3) is 0 Å². The van der Waals surface area contributed by atoms with Crippen molar-refractivity contribution in [3.63, 3.8) is 0 Å². The fourth-order valence-electron chi connectivity index (χ4n) is 3.37. The van der Waals surface area contributed by atoms with Gasteiger partial charge < -0.3 is 10.6 Å². The first-order valence-corrected chi connectivity index (χ1v) is 8.13. The van der Waals surface area contributed by atoms with Gasteiger partial charge in [-0.05, 0) is 57.7 Å². The summed E-state index contributed by atoms with van der Waals surface area (Å²) in [5, 5.41) is 12.7. The quantitative estimate of drug-likeness (QED) is 0.558. The standard InChI is InChI=1S/C19H18N2S/c22-19-20-11-13(12-21-19)9-18-16-7-3-1-5-14(16)10-15-6-2-4-8-17(15)18/h1-8,10,13H,9,11-12H2,(H2,20,21,22).